The molecule has 2 aromatic rings. The number of anilines is 1. The van der Waals surface area contributed by atoms with Crippen LogP contribution < -0.4 is 21.9 Å². The minimum Gasteiger partial charge on any atom is -0.330 e. The predicted octanol–water partition coefficient (Wildman–Crippen LogP) is 1.93. The third-order valence-corrected chi connectivity index (χ3v) is 5.78. The molecule has 1 aliphatic heterocycles. The molecule has 1 aliphatic carbocycles. The summed E-state index contributed by atoms with van der Waals surface area (Å²) in [5, 5.41) is 3.86. The number of para-hydroxylation sites is 1. The maximum absolute atomic E-state index is 14.4. The molecule has 4 rings (SSSR count). The lowest BCUT2D eigenvalue weighted by Gasteiger charge is -2.32. The number of H-pyrrole nitrogens is 1. The lowest BCUT2D eigenvalue weighted by atomic mass is 9.86. The van der Waals surface area contributed by atoms with Gasteiger partial charge >= 0.3 is 11.9 Å². The van der Waals surface area contributed by atoms with E-state index in [0.29, 0.717) is 25.7 Å². The highest BCUT2D eigenvalue weighted by atomic mass is 19.4. The normalized spacial score (nSPS) is 21.5. The first kappa shape index (κ1) is 20.9. The van der Waals surface area contributed by atoms with Crippen molar-refractivity contribution in [3.63, 3.8) is 0 Å². The van der Waals surface area contributed by atoms with Gasteiger partial charge in [-0.05, 0) is 25.0 Å². The van der Waals surface area contributed by atoms with Gasteiger partial charge in [-0.3, -0.25) is 19.4 Å². The van der Waals surface area contributed by atoms with Gasteiger partial charge in [-0.1, -0.05) is 37.5 Å². The van der Waals surface area contributed by atoms with Crippen molar-refractivity contribution in [3.8, 4) is 5.69 Å². The van der Waals surface area contributed by atoms with Crippen LogP contribution in [0.25, 0.3) is 5.69 Å². The molecule has 11 heteroatoms. The summed E-state index contributed by atoms with van der Waals surface area (Å²) in [6, 6.07) is 7.57. The summed E-state index contributed by atoms with van der Waals surface area (Å²) in [4.78, 5) is 52.3. The van der Waals surface area contributed by atoms with E-state index in [1.807, 2.05) is 15.6 Å². The van der Waals surface area contributed by atoms with E-state index in [2.05, 4.69) is 0 Å². The summed E-state index contributed by atoms with van der Waals surface area (Å²) in [5.74, 6) is -3.90. The number of carbonyl (C=O) groups is 2. The highest BCUT2D eigenvalue weighted by molar-refractivity contribution is 6.08. The number of nitrogens with one attached hydrogen (secondary N) is 3. The van der Waals surface area contributed by atoms with Crippen molar-refractivity contribution in [3.05, 3.63) is 56.7 Å². The quantitative estimate of drug-likeness (QED) is 0.682. The highest BCUT2D eigenvalue weighted by Crippen LogP contribution is 2.45. The van der Waals surface area contributed by atoms with Crippen molar-refractivity contribution in [2.24, 2.45) is 5.92 Å². The largest absolute Gasteiger partial charge is 0.425 e. The first-order chi connectivity index (χ1) is 14.7. The number of aromatic nitrogens is 2. The summed E-state index contributed by atoms with van der Waals surface area (Å²) in [5.41, 5.74) is -6.94. The first-order valence-electron chi connectivity index (χ1n) is 9.82. The van der Waals surface area contributed by atoms with Gasteiger partial charge in [0.15, 0.2) is 0 Å². The van der Waals surface area contributed by atoms with Crippen LogP contribution in [0.2, 0.25) is 0 Å². The number of nitrogens with zero attached hydrogens (tertiary/aromatic N) is 1. The van der Waals surface area contributed by atoms with Gasteiger partial charge in [0.2, 0.25) is 11.4 Å². The Labute approximate surface area is 173 Å². The van der Waals surface area contributed by atoms with E-state index in [9.17, 15) is 32.3 Å². The fraction of sp³-hybridized carbons (Fsp3) is 0.400. The number of hydrogen-bond acceptors (Lipinski definition) is 4. The van der Waals surface area contributed by atoms with Gasteiger partial charge in [-0.2, -0.15) is 13.2 Å². The summed E-state index contributed by atoms with van der Waals surface area (Å²) in [6.07, 6.45) is -2.29. The fourth-order valence-electron chi connectivity index (χ4n) is 4.25. The molecule has 31 heavy (non-hydrogen) atoms. The standard InChI is InChI=1S/C20H19F3N4O4/c21-20(22,23)19(26-15(28)11-7-3-1-4-8-11)13-14(24-17(19)30)27(18(31)25-16(13)29)12-9-5-2-6-10-12/h2,5-6,9-11H,1,3-4,7-8H2,(H,24,30)(H,26,28)(H,25,29,31). The van der Waals surface area contributed by atoms with E-state index < -0.39 is 52.1 Å². The Balaban J connectivity index is 1.92. The van der Waals surface area contributed by atoms with E-state index in [1.54, 1.807) is 6.07 Å². The predicted molar refractivity (Wildman–Crippen MR) is 104 cm³/mol. The van der Waals surface area contributed by atoms with Crippen LogP contribution in [-0.2, 0) is 15.1 Å². The van der Waals surface area contributed by atoms with Crippen LogP contribution in [0, 0.1) is 5.92 Å². The molecular weight excluding hydrogens is 417 g/mol. The second kappa shape index (κ2) is 7.40. The molecule has 8 nitrogen and oxygen atoms in total. The summed E-state index contributed by atoms with van der Waals surface area (Å²) >= 11 is 0. The topological polar surface area (TPSA) is 113 Å². The average molecular weight is 436 g/mol. The molecule has 2 aliphatic rings. The summed E-state index contributed by atoms with van der Waals surface area (Å²) in [7, 11) is 0. The number of carbonyl (C=O) groups excluding carboxylic acids is 2. The molecule has 1 atom stereocenters. The number of hydrogen-bond donors (Lipinski definition) is 3. The lowest BCUT2D eigenvalue weighted by Crippen LogP contribution is -2.63. The second-order valence-corrected chi connectivity index (χ2v) is 7.68. The van der Waals surface area contributed by atoms with Gasteiger partial charge in [0.25, 0.3) is 11.5 Å². The van der Waals surface area contributed by atoms with Gasteiger partial charge in [-0.25, -0.2) is 9.36 Å². The smallest absolute Gasteiger partial charge is 0.330 e. The SMILES string of the molecule is O=C(NC1(C(F)(F)F)C(=O)Nc2c1c(=O)[nH]c(=O)n2-c1ccccc1)C1CCCCC1. The second-order valence-electron chi connectivity index (χ2n) is 7.68. The Morgan fingerprint density at radius 2 is 1.71 bits per heavy atom. The Morgan fingerprint density at radius 1 is 1.06 bits per heavy atom. The molecule has 1 aromatic heterocycles. The van der Waals surface area contributed by atoms with E-state index >= 15 is 0 Å². The molecule has 2 heterocycles. The Hall–Kier alpha value is -3.37. The first-order valence-corrected chi connectivity index (χ1v) is 9.82. The zero-order valence-electron chi connectivity index (χ0n) is 16.2. The molecule has 0 spiro atoms. The van der Waals surface area contributed by atoms with Crippen LogP contribution in [-0.4, -0.2) is 27.5 Å². The van der Waals surface area contributed by atoms with E-state index in [-0.39, 0.29) is 5.69 Å². The number of halogens is 3. The zero-order valence-corrected chi connectivity index (χ0v) is 16.2. The van der Waals surface area contributed by atoms with Crippen molar-refractivity contribution >= 4 is 17.6 Å². The zero-order chi connectivity index (χ0) is 22.4. The van der Waals surface area contributed by atoms with Crippen LogP contribution in [0.15, 0.2) is 39.9 Å². The van der Waals surface area contributed by atoms with Gasteiger partial charge < -0.3 is 10.6 Å². The maximum atomic E-state index is 14.4. The molecule has 1 saturated carbocycles. The number of benzene rings is 1. The van der Waals surface area contributed by atoms with Crippen molar-refractivity contribution in [1.29, 1.82) is 0 Å². The number of fused-ring (bicyclic) bond motifs is 1. The van der Waals surface area contributed by atoms with Crippen molar-refractivity contribution in [2.45, 2.75) is 43.8 Å². The minimum atomic E-state index is -5.33. The number of rotatable bonds is 3. The van der Waals surface area contributed by atoms with Crippen LogP contribution in [0.1, 0.15) is 37.7 Å². The number of aromatic amines is 1. The molecule has 164 valence electrons. The molecule has 1 aromatic carbocycles. The van der Waals surface area contributed by atoms with Crippen LogP contribution in [0.3, 0.4) is 0 Å². The van der Waals surface area contributed by atoms with E-state index in [1.165, 1.54) is 24.3 Å². The fourth-order valence-corrected chi connectivity index (χ4v) is 4.25. The number of amides is 2. The van der Waals surface area contributed by atoms with Crippen LogP contribution in [0.5, 0.6) is 0 Å². The molecule has 3 N–H and O–H groups in total. The van der Waals surface area contributed by atoms with Crippen LogP contribution >= 0.6 is 0 Å². The van der Waals surface area contributed by atoms with Crippen molar-refractivity contribution in [1.82, 2.24) is 14.9 Å². The van der Waals surface area contributed by atoms with E-state index in [0.717, 1.165) is 11.0 Å². The molecule has 0 saturated heterocycles. The van der Waals surface area contributed by atoms with Crippen molar-refractivity contribution in [2.75, 3.05) is 5.32 Å². The van der Waals surface area contributed by atoms with Crippen LogP contribution in [0.4, 0.5) is 19.0 Å². The van der Waals surface area contributed by atoms with Gasteiger partial charge in [0.1, 0.15) is 11.4 Å². The van der Waals surface area contributed by atoms with Gasteiger partial charge in [0, 0.05) is 5.92 Å². The molecular formula is C20H19F3N4O4. The molecule has 0 radical (unpaired) electrons. The Morgan fingerprint density at radius 3 is 2.32 bits per heavy atom. The van der Waals surface area contributed by atoms with Gasteiger partial charge in [0.05, 0.1) is 5.69 Å². The Kier molecular flexibility index (Phi) is 4.98. The number of alkyl halides is 3. The molecule has 2 amide bonds. The monoisotopic (exact) mass is 436 g/mol. The van der Waals surface area contributed by atoms with Gasteiger partial charge in [-0.15, -0.1) is 0 Å². The average Bonchev–Trinajstić information content (AvgIpc) is 3.02. The molecule has 1 fully saturated rings. The maximum Gasteiger partial charge on any atom is 0.425 e. The van der Waals surface area contributed by atoms with Crippen molar-refractivity contribution < 1.29 is 22.8 Å². The molecule has 1 unspecified atom stereocenters. The molecule has 0 bridgehead atoms. The third-order valence-electron chi connectivity index (χ3n) is 5.78. The summed E-state index contributed by atoms with van der Waals surface area (Å²) < 4.78 is 43.9. The minimum absolute atomic E-state index is 0.136. The Bertz CT molecular complexity index is 1150. The lowest BCUT2D eigenvalue weighted by molar-refractivity contribution is -0.201. The summed E-state index contributed by atoms with van der Waals surface area (Å²) in [6.45, 7) is 0. The third kappa shape index (κ3) is 3.24. The highest BCUT2D eigenvalue weighted by Gasteiger charge is 2.68. The van der Waals surface area contributed by atoms with E-state index in [4.69, 9.17) is 0 Å².